The predicted molar refractivity (Wildman–Crippen MR) is 58.0 cm³/mol. The van der Waals surface area contributed by atoms with E-state index in [1.54, 1.807) is 13.0 Å². The Morgan fingerprint density at radius 2 is 2.06 bits per heavy atom. The highest BCUT2D eigenvalue weighted by atomic mass is 19.1. The van der Waals surface area contributed by atoms with Gasteiger partial charge in [0.2, 0.25) is 11.8 Å². The van der Waals surface area contributed by atoms with Crippen LogP contribution in [0.25, 0.3) is 0 Å². The highest BCUT2D eigenvalue weighted by Gasteiger charge is 2.14. The monoisotopic (exact) mass is 224 g/mol. The lowest BCUT2D eigenvalue weighted by molar-refractivity contribution is -0.125. The third kappa shape index (κ3) is 3.34. The number of halogens is 1. The van der Waals surface area contributed by atoms with Crippen molar-refractivity contribution in [1.29, 1.82) is 0 Å². The first-order valence-corrected chi connectivity index (χ1v) is 4.84. The van der Waals surface area contributed by atoms with E-state index >= 15 is 0 Å². The largest absolute Gasteiger partial charge is 0.369 e. The summed E-state index contributed by atoms with van der Waals surface area (Å²) in [6.07, 6.45) is -0.0519. The van der Waals surface area contributed by atoms with Crippen LogP contribution in [0.5, 0.6) is 0 Å². The molecule has 0 radical (unpaired) electrons. The molecule has 0 aromatic heterocycles. The molecule has 1 aromatic carbocycles. The van der Waals surface area contributed by atoms with E-state index in [0.29, 0.717) is 0 Å². The number of rotatable bonds is 4. The second-order valence-corrected chi connectivity index (χ2v) is 3.54. The first kappa shape index (κ1) is 12.2. The maximum atomic E-state index is 13.1. The van der Waals surface area contributed by atoms with Gasteiger partial charge in [-0.1, -0.05) is 19.1 Å². The molecule has 4 nitrogen and oxygen atoms in total. The maximum absolute atomic E-state index is 13.1. The van der Waals surface area contributed by atoms with Crippen LogP contribution in [0.2, 0.25) is 0 Å². The Kier molecular flexibility index (Phi) is 3.99. The molecular formula is C11H13FN2O2. The van der Waals surface area contributed by atoms with Crippen LogP contribution in [0.1, 0.15) is 13.3 Å². The number of primary amides is 1. The zero-order chi connectivity index (χ0) is 12.1. The molecule has 16 heavy (non-hydrogen) atoms. The van der Waals surface area contributed by atoms with Gasteiger partial charge in [0, 0.05) is 12.3 Å². The Morgan fingerprint density at radius 1 is 1.44 bits per heavy atom. The van der Waals surface area contributed by atoms with Crippen molar-refractivity contribution < 1.29 is 14.0 Å². The van der Waals surface area contributed by atoms with Crippen molar-refractivity contribution in [2.24, 2.45) is 11.7 Å². The van der Waals surface area contributed by atoms with Crippen molar-refractivity contribution >= 4 is 17.5 Å². The third-order valence-electron chi connectivity index (χ3n) is 2.13. The highest BCUT2D eigenvalue weighted by Crippen LogP contribution is 2.13. The van der Waals surface area contributed by atoms with Crippen molar-refractivity contribution in [3.05, 3.63) is 30.1 Å². The van der Waals surface area contributed by atoms with Crippen LogP contribution in [0.15, 0.2) is 24.3 Å². The van der Waals surface area contributed by atoms with Crippen LogP contribution < -0.4 is 11.1 Å². The van der Waals surface area contributed by atoms with Gasteiger partial charge in [0.1, 0.15) is 5.82 Å². The first-order chi connectivity index (χ1) is 7.50. The number of nitrogens with two attached hydrogens (primary N) is 1. The standard InChI is InChI=1S/C11H13FN2O2/c1-7(11(13)16)6-10(15)14-9-5-3-2-4-8(9)12/h2-5,7H,6H2,1H3,(H2,13,16)(H,14,15). The number of amides is 2. The summed E-state index contributed by atoms with van der Waals surface area (Å²) in [7, 11) is 0. The Bertz CT molecular complexity index is 407. The third-order valence-corrected chi connectivity index (χ3v) is 2.13. The van der Waals surface area contributed by atoms with Crippen LogP contribution in [-0.4, -0.2) is 11.8 Å². The number of para-hydroxylation sites is 1. The molecule has 0 saturated heterocycles. The van der Waals surface area contributed by atoms with Crippen molar-refractivity contribution in [2.75, 3.05) is 5.32 Å². The normalized spacial score (nSPS) is 11.9. The molecule has 0 aliphatic heterocycles. The summed E-state index contributed by atoms with van der Waals surface area (Å²) in [4.78, 5) is 22.1. The van der Waals surface area contributed by atoms with Gasteiger partial charge in [-0.3, -0.25) is 9.59 Å². The topological polar surface area (TPSA) is 72.2 Å². The summed E-state index contributed by atoms with van der Waals surface area (Å²) >= 11 is 0. The zero-order valence-corrected chi connectivity index (χ0v) is 8.87. The number of nitrogens with one attached hydrogen (secondary N) is 1. The Morgan fingerprint density at radius 3 is 2.62 bits per heavy atom. The van der Waals surface area contributed by atoms with Crippen molar-refractivity contribution in [1.82, 2.24) is 0 Å². The van der Waals surface area contributed by atoms with E-state index in [1.165, 1.54) is 18.2 Å². The minimum atomic E-state index is -0.563. The molecular weight excluding hydrogens is 211 g/mol. The SMILES string of the molecule is CC(CC(=O)Nc1ccccc1F)C(N)=O. The van der Waals surface area contributed by atoms with Gasteiger partial charge in [0.15, 0.2) is 0 Å². The van der Waals surface area contributed by atoms with Gasteiger partial charge in [-0.25, -0.2) is 4.39 Å². The van der Waals surface area contributed by atoms with Crippen LogP contribution >= 0.6 is 0 Å². The first-order valence-electron chi connectivity index (χ1n) is 4.84. The molecule has 2 amide bonds. The minimum absolute atomic E-state index is 0.0519. The van der Waals surface area contributed by atoms with Crippen LogP contribution in [-0.2, 0) is 9.59 Å². The maximum Gasteiger partial charge on any atom is 0.225 e. The van der Waals surface area contributed by atoms with Crippen LogP contribution in [0.4, 0.5) is 10.1 Å². The molecule has 86 valence electrons. The molecule has 0 spiro atoms. The number of benzene rings is 1. The second-order valence-electron chi connectivity index (χ2n) is 3.54. The Labute approximate surface area is 92.6 Å². The van der Waals surface area contributed by atoms with Gasteiger partial charge in [-0.15, -0.1) is 0 Å². The highest BCUT2D eigenvalue weighted by molar-refractivity contribution is 5.93. The van der Waals surface area contributed by atoms with E-state index in [4.69, 9.17) is 5.73 Å². The minimum Gasteiger partial charge on any atom is -0.369 e. The molecule has 1 aromatic rings. The fourth-order valence-electron chi connectivity index (χ4n) is 1.14. The molecule has 0 bridgehead atoms. The second kappa shape index (κ2) is 5.25. The number of carbonyl (C=O) groups is 2. The lowest BCUT2D eigenvalue weighted by atomic mass is 10.1. The van der Waals surface area contributed by atoms with E-state index in [0.717, 1.165) is 0 Å². The molecule has 3 N–H and O–H groups in total. The summed E-state index contributed by atoms with van der Waals surface area (Å²) in [5.41, 5.74) is 5.12. The molecule has 0 heterocycles. The van der Waals surface area contributed by atoms with E-state index in [9.17, 15) is 14.0 Å². The quantitative estimate of drug-likeness (QED) is 0.808. The van der Waals surface area contributed by atoms with Crippen molar-refractivity contribution in [3.63, 3.8) is 0 Å². The molecule has 0 aliphatic carbocycles. The van der Waals surface area contributed by atoms with E-state index in [2.05, 4.69) is 5.32 Å². The van der Waals surface area contributed by atoms with E-state index in [-0.39, 0.29) is 12.1 Å². The Balaban J connectivity index is 2.59. The molecule has 1 unspecified atom stereocenters. The van der Waals surface area contributed by atoms with Crippen molar-refractivity contribution in [3.8, 4) is 0 Å². The summed E-state index contributed by atoms with van der Waals surface area (Å²) in [5, 5.41) is 2.37. The van der Waals surface area contributed by atoms with Gasteiger partial charge in [0.05, 0.1) is 5.69 Å². The van der Waals surface area contributed by atoms with Crippen LogP contribution in [0.3, 0.4) is 0 Å². The molecule has 5 heteroatoms. The fourth-order valence-corrected chi connectivity index (χ4v) is 1.14. The average molecular weight is 224 g/mol. The molecule has 1 atom stereocenters. The molecule has 0 aliphatic rings. The van der Waals surface area contributed by atoms with Gasteiger partial charge in [-0.05, 0) is 12.1 Å². The van der Waals surface area contributed by atoms with Gasteiger partial charge < -0.3 is 11.1 Å². The molecule has 0 saturated carbocycles. The van der Waals surface area contributed by atoms with Gasteiger partial charge >= 0.3 is 0 Å². The summed E-state index contributed by atoms with van der Waals surface area (Å²) < 4.78 is 13.1. The lowest BCUT2D eigenvalue weighted by Crippen LogP contribution is -2.25. The predicted octanol–water partition coefficient (Wildman–Crippen LogP) is 1.28. The van der Waals surface area contributed by atoms with Crippen molar-refractivity contribution in [2.45, 2.75) is 13.3 Å². The number of anilines is 1. The Hall–Kier alpha value is -1.91. The lowest BCUT2D eigenvalue weighted by Gasteiger charge is -2.08. The van der Waals surface area contributed by atoms with Gasteiger partial charge in [-0.2, -0.15) is 0 Å². The van der Waals surface area contributed by atoms with E-state index < -0.39 is 23.5 Å². The molecule has 0 fully saturated rings. The summed E-state index contributed by atoms with van der Waals surface area (Å²) in [5.74, 6) is -2.06. The average Bonchev–Trinajstić information content (AvgIpc) is 2.21. The van der Waals surface area contributed by atoms with Gasteiger partial charge in [0.25, 0.3) is 0 Å². The summed E-state index contributed by atoms with van der Waals surface area (Å²) in [6.45, 7) is 1.54. The van der Waals surface area contributed by atoms with E-state index in [1.807, 2.05) is 0 Å². The smallest absolute Gasteiger partial charge is 0.225 e. The zero-order valence-electron chi connectivity index (χ0n) is 8.87. The number of hydrogen-bond donors (Lipinski definition) is 2. The number of hydrogen-bond acceptors (Lipinski definition) is 2. The number of carbonyl (C=O) groups excluding carboxylic acids is 2. The summed E-state index contributed by atoms with van der Waals surface area (Å²) in [6, 6.07) is 5.82. The molecule has 1 rings (SSSR count). The van der Waals surface area contributed by atoms with Crippen LogP contribution in [0, 0.1) is 11.7 Å². The fraction of sp³-hybridized carbons (Fsp3) is 0.273.